The molecule has 0 aliphatic carbocycles. The second-order valence-corrected chi connectivity index (χ2v) is 8.81. The van der Waals surface area contributed by atoms with Gasteiger partial charge in [0.25, 0.3) is 0 Å². The normalized spacial score (nSPS) is 15.2. The van der Waals surface area contributed by atoms with Gasteiger partial charge in [0.05, 0.1) is 6.04 Å². The molecule has 5 rings (SSSR count). The van der Waals surface area contributed by atoms with Crippen molar-refractivity contribution in [3.05, 3.63) is 107 Å². The first-order chi connectivity index (χ1) is 16.7. The Morgan fingerprint density at radius 3 is 2.56 bits per heavy atom. The third-order valence-electron chi connectivity index (χ3n) is 6.68. The molecule has 0 fully saturated rings. The minimum absolute atomic E-state index is 0.0233. The Balaban J connectivity index is 1.19. The molecule has 0 spiro atoms. The Labute approximate surface area is 199 Å². The quantitative estimate of drug-likeness (QED) is 0.425. The SMILES string of the molecule is O=C(CCC(=O)N1CCc2ccccc2C1c1ccccc1)NCCc1c[nH]c2ccccc12. The highest BCUT2D eigenvalue weighted by atomic mass is 16.2. The number of aromatic nitrogens is 1. The van der Waals surface area contributed by atoms with Crippen LogP contribution in [0.5, 0.6) is 0 Å². The molecule has 34 heavy (non-hydrogen) atoms. The second-order valence-electron chi connectivity index (χ2n) is 8.81. The highest BCUT2D eigenvalue weighted by molar-refractivity contribution is 5.85. The van der Waals surface area contributed by atoms with Crippen molar-refractivity contribution in [2.24, 2.45) is 0 Å². The maximum Gasteiger partial charge on any atom is 0.223 e. The van der Waals surface area contributed by atoms with Crippen LogP contribution in [0.2, 0.25) is 0 Å². The van der Waals surface area contributed by atoms with Gasteiger partial charge in [-0.3, -0.25) is 9.59 Å². The Bertz CT molecular complexity index is 1290. The number of amides is 2. The third kappa shape index (κ3) is 4.60. The van der Waals surface area contributed by atoms with Crippen molar-refractivity contribution >= 4 is 22.7 Å². The molecule has 0 saturated heterocycles. The van der Waals surface area contributed by atoms with Crippen molar-refractivity contribution in [3.63, 3.8) is 0 Å². The van der Waals surface area contributed by atoms with Crippen LogP contribution in [0, 0.1) is 0 Å². The molecule has 0 radical (unpaired) electrons. The van der Waals surface area contributed by atoms with Crippen LogP contribution >= 0.6 is 0 Å². The minimum atomic E-state index is -0.108. The molecule has 2 N–H and O–H groups in total. The summed E-state index contributed by atoms with van der Waals surface area (Å²) in [6.07, 6.45) is 4.00. The highest BCUT2D eigenvalue weighted by Crippen LogP contribution is 2.35. The van der Waals surface area contributed by atoms with Gasteiger partial charge in [0.1, 0.15) is 0 Å². The zero-order chi connectivity index (χ0) is 23.3. The molecule has 1 aromatic heterocycles. The Morgan fingerprint density at radius 2 is 1.68 bits per heavy atom. The maximum absolute atomic E-state index is 13.2. The largest absolute Gasteiger partial charge is 0.361 e. The molecule has 2 amide bonds. The lowest BCUT2D eigenvalue weighted by Crippen LogP contribution is -2.41. The van der Waals surface area contributed by atoms with E-state index in [0.717, 1.165) is 23.9 Å². The monoisotopic (exact) mass is 451 g/mol. The summed E-state index contributed by atoms with van der Waals surface area (Å²) in [6.45, 7) is 1.22. The lowest BCUT2D eigenvalue weighted by Gasteiger charge is -2.38. The number of carbonyl (C=O) groups excluding carboxylic acids is 2. The summed E-state index contributed by atoms with van der Waals surface area (Å²) in [5.74, 6) is -0.0583. The summed E-state index contributed by atoms with van der Waals surface area (Å²) in [5, 5.41) is 4.16. The van der Waals surface area contributed by atoms with Gasteiger partial charge in [0.2, 0.25) is 11.8 Å². The molecule has 2 heterocycles. The fraction of sp³-hybridized carbons (Fsp3) is 0.241. The van der Waals surface area contributed by atoms with Crippen LogP contribution < -0.4 is 5.32 Å². The van der Waals surface area contributed by atoms with Crippen LogP contribution in [0.1, 0.15) is 41.1 Å². The van der Waals surface area contributed by atoms with Gasteiger partial charge in [-0.15, -0.1) is 0 Å². The number of H-pyrrole nitrogens is 1. The fourth-order valence-corrected chi connectivity index (χ4v) is 4.96. The number of rotatable bonds is 7. The van der Waals surface area contributed by atoms with Crippen LogP contribution in [-0.2, 0) is 22.4 Å². The van der Waals surface area contributed by atoms with Crippen LogP contribution in [0.4, 0.5) is 0 Å². The number of nitrogens with one attached hydrogen (secondary N) is 2. The van der Waals surface area contributed by atoms with Crippen LogP contribution in [0.3, 0.4) is 0 Å². The molecule has 0 saturated carbocycles. The second kappa shape index (κ2) is 9.96. The Hall–Kier alpha value is -3.86. The summed E-state index contributed by atoms with van der Waals surface area (Å²) in [4.78, 5) is 30.9. The van der Waals surface area contributed by atoms with E-state index in [2.05, 4.69) is 46.7 Å². The predicted octanol–water partition coefficient (Wildman–Crippen LogP) is 4.78. The standard InChI is InChI=1S/C29H29N3O2/c33-27(30-18-16-23-20-31-26-13-7-6-11-24(23)26)14-15-28(34)32-19-17-21-8-4-5-12-25(21)29(32)22-9-2-1-3-10-22/h1-13,20,29,31H,14-19H2,(H,30,33). The van der Waals surface area contributed by atoms with Crippen LogP contribution in [-0.4, -0.2) is 34.8 Å². The van der Waals surface area contributed by atoms with Gasteiger partial charge < -0.3 is 15.2 Å². The van der Waals surface area contributed by atoms with Gasteiger partial charge >= 0.3 is 0 Å². The summed E-state index contributed by atoms with van der Waals surface area (Å²) < 4.78 is 0. The van der Waals surface area contributed by atoms with Gasteiger partial charge in [0, 0.05) is 43.0 Å². The number of hydrogen-bond acceptors (Lipinski definition) is 2. The van der Waals surface area contributed by atoms with E-state index in [9.17, 15) is 9.59 Å². The Morgan fingerprint density at radius 1 is 0.912 bits per heavy atom. The number of para-hydroxylation sites is 1. The number of fused-ring (bicyclic) bond motifs is 2. The molecule has 5 nitrogen and oxygen atoms in total. The highest BCUT2D eigenvalue weighted by Gasteiger charge is 2.31. The zero-order valence-corrected chi connectivity index (χ0v) is 19.2. The van der Waals surface area contributed by atoms with Gasteiger partial charge in [-0.25, -0.2) is 0 Å². The van der Waals surface area contributed by atoms with E-state index in [4.69, 9.17) is 0 Å². The molecular formula is C29H29N3O2. The predicted molar refractivity (Wildman–Crippen MR) is 134 cm³/mol. The Kier molecular flexibility index (Phi) is 6.43. The third-order valence-corrected chi connectivity index (χ3v) is 6.68. The molecule has 0 bridgehead atoms. The molecule has 1 atom stereocenters. The lowest BCUT2D eigenvalue weighted by molar-refractivity contribution is -0.135. The number of hydrogen-bond donors (Lipinski definition) is 2. The molecule has 172 valence electrons. The summed E-state index contributed by atoms with van der Waals surface area (Å²) in [7, 11) is 0. The van der Waals surface area contributed by atoms with E-state index in [1.165, 1.54) is 22.1 Å². The first kappa shape index (κ1) is 22.0. The smallest absolute Gasteiger partial charge is 0.223 e. The summed E-state index contributed by atoms with van der Waals surface area (Å²) >= 11 is 0. The van der Waals surface area contributed by atoms with Gasteiger partial charge in [-0.2, -0.15) is 0 Å². The molecule has 1 aliphatic rings. The van der Waals surface area contributed by atoms with E-state index in [1.807, 2.05) is 53.6 Å². The molecule has 4 aromatic rings. The number of nitrogens with zero attached hydrogens (tertiary/aromatic N) is 1. The number of carbonyl (C=O) groups is 2. The van der Waals surface area contributed by atoms with Crippen molar-refractivity contribution in [3.8, 4) is 0 Å². The van der Waals surface area contributed by atoms with E-state index in [0.29, 0.717) is 13.1 Å². The first-order valence-corrected chi connectivity index (χ1v) is 11.9. The fourth-order valence-electron chi connectivity index (χ4n) is 4.96. The number of aromatic amines is 1. The zero-order valence-electron chi connectivity index (χ0n) is 19.2. The molecule has 3 aromatic carbocycles. The van der Waals surface area contributed by atoms with Crippen LogP contribution in [0.15, 0.2) is 85.1 Å². The first-order valence-electron chi connectivity index (χ1n) is 11.9. The van der Waals surface area contributed by atoms with Gasteiger partial charge in [-0.1, -0.05) is 72.8 Å². The average Bonchev–Trinajstić information content (AvgIpc) is 3.30. The number of benzene rings is 3. The molecular weight excluding hydrogens is 422 g/mol. The average molecular weight is 452 g/mol. The molecule has 1 aliphatic heterocycles. The van der Waals surface area contributed by atoms with Crippen molar-refractivity contribution in [1.82, 2.24) is 15.2 Å². The van der Waals surface area contributed by atoms with Gasteiger partial charge in [0.15, 0.2) is 0 Å². The topological polar surface area (TPSA) is 65.2 Å². The van der Waals surface area contributed by atoms with Crippen molar-refractivity contribution in [1.29, 1.82) is 0 Å². The molecule has 5 heteroatoms. The summed E-state index contributed by atoms with van der Waals surface area (Å²) in [6, 6.07) is 26.6. The van der Waals surface area contributed by atoms with Crippen LogP contribution in [0.25, 0.3) is 10.9 Å². The lowest BCUT2D eigenvalue weighted by atomic mass is 9.88. The van der Waals surface area contributed by atoms with E-state index in [1.54, 1.807) is 0 Å². The van der Waals surface area contributed by atoms with Crippen molar-refractivity contribution in [2.45, 2.75) is 31.7 Å². The van der Waals surface area contributed by atoms with Crippen molar-refractivity contribution in [2.75, 3.05) is 13.1 Å². The van der Waals surface area contributed by atoms with Crippen molar-refractivity contribution < 1.29 is 9.59 Å². The van der Waals surface area contributed by atoms with Gasteiger partial charge in [-0.05, 0) is 41.2 Å². The summed E-state index contributed by atoms with van der Waals surface area (Å²) in [5.41, 5.74) is 5.85. The molecule has 1 unspecified atom stereocenters. The maximum atomic E-state index is 13.2. The van der Waals surface area contributed by atoms with E-state index >= 15 is 0 Å². The van der Waals surface area contributed by atoms with E-state index in [-0.39, 0.29) is 30.7 Å². The van der Waals surface area contributed by atoms with E-state index < -0.39 is 0 Å². The minimum Gasteiger partial charge on any atom is -0.361 e.